The van der Waals surface area contributed by atoms with Crippen molar-refractivity contribution in [1.82, 2.24) is 4.98 Å². The summed E-state index contributed by atoms with van der Waals surface area (Å²) in [5, 5.41) is 9.68. The van der Waals surface area contributed by atoms with Crippen molar-refractivity contribution < 1.29 is 5.11 Å². The predicted octanol–water partition coefficient (Wildman–Crippen LogP) is 0.569. The van der Waals surface area contributed by atoms with E-state index in [1.54, 1.807) is 0 Å². The Kier molecular flexibility index (Phi) is 1.90. The zero-order valence-corrected chi connectivity index (χ0v) is 6.96. The third-order valence-corrected chi connectivity index (χ3v) is 2.61. The average molecular weight is 166 g/mol. The zero-order chi connectivity index (χ0) is 8.55. The second-order valence-corrected chi connectivity index (χ2v) is 3.47. The summed E-state index contributed by atoms with van der Waals surface area (Å²) in [7, 11) is 0. The lowest BCUT2D eigenvalue weighted by molar-refractivity contribution is 0.133. The standard InChI is InChI=1S/C9H14N2O/c10-5-6-3-8-7(1-2-11-8)9(12)4-6/h1-2,6,9,11-12H,3-5,10H2. The molecule has 1 heterocycles. The predicted molar refractivity (Wildman–Crippen MR) is 46.6 cm³/mol. The van der Waals surface area contributed by atoms with E-state index in [9.17, 15) is 5.11 Å². The first kappa shape index (κ1) is 7.83. The van der Waals surface area contributed by atoms with Gasteiger partial charge in [-0.15, -0.1) is 0 Å². The van der Waals surface area contributed by atoms with Gasteiger partial charge in [0.15, 0.2) is 0 Å². The summed E-state index contributed by atoms with van der Waals surface area (Å²) in [6, 6.07) is 1.95. The van der Waals surface area contributed by atoms with Crippen LogP contribution in [0.2, 0.25) is 0 Å². The van der Waals surface area contributed by atoms with Gasteiger partial charge in [-0.3, -0.25) is 0 Å². The van der Waals surface area contributed by atoms with Gasteiger partial charge in [-0.05, 0) is 31.4 Å². The van der Waals surface area contributed by atoms with Crippen LogP contribution in [0.5, 0.6) is 0 Å². The van der Waals surface area contributed by atoms with Crippen LogP contribution in [0, 0.1) is 5.92 Å². The fourth-order valence-corrected chi connectivity index (χ4v) is 1.90. The minimum absolute atomic E-state index is 0.312. The lowest BCUT2D eigenvalue weighted by Gasteiger charge is -2.24. The maximum atomic E-state index is 9.68. The smallest absolute Gasteiger partial charge is 0.0810 e. The molecule has 1 aromatic rings. The van der Waals surface area contributed by atoms with E-state index in [-0.39, 0.29) is 6.10 Å². The number of aromatic amines is 1. The van der Waals surface area contributed by atoms with E-state index in [2.05, 4.69) is 4.98 Å². The average Bonchev–Trinajstić information content (AvgIpc) is 2.52. The molecule has 0 aliphatic heterocycles. The molecule has 1 aliphatic carbocycles. The molecule has 4 N–H and O–H groups in total. The van der Waals surface area contributed by atoms with Gasteiger partial charge in [0.2, 0.25) is 0 Å². The molecule has 0 amide bonds. The quantitative estimate of drug-likeness (QED) is 0.571. The molecule has 0 saturated carbocycles. The van der Waals surface area contributed by atoms with E-state index in [1.807, 2.05) is 12.3 Å². The number of hydrogen-bond acceptors (Lipinski definition) is 2. The summed E-state index contributed by atoms with van der Waals surface area (Å²) in [4.78, 5) is 3.14. The second kappa shape index (κ2) is 2.92. The Morgan fingerprint density at radius 3 is 3.25 bits per heavy atom. The molecule has 1 aromatic heterocycles. The molecule has 66 valence electrons. The highest BCUT2D eigenvalue weighted by Gasteiger charge is 2.24. The van der Waals surface area contributed by atoms with Crippen LogP contribution in [0.4, 0.5) is 0 Å². The highest BCUT2D eigenvalue weighted by atomic mass is 16.3. The van der Waals surface area contributed by atoms with Gasteiger partial charge in [-0.1, -0.05) is 0 Å². The number of aliphatic hydroxyl groups excluding tert-OH is 1. The zero-order valence-electron chi connectivity index (χ0n) is 6.96. The molecule has 12 heavy (non-hydrogen) atoms. The van der Waals surface area contributed by atoms with Gasteiger partial charge in [0.05, 0.1) is 6.10 Å². The normalized spacial score (nSPS) is 28.5. The van der Waals surface area contributed by atoms with Crippen molar-refractivity contribution in [2.75, 3.05) is 6.54 Å². The van der Waals surface area contributed by atoms with Crippen molar-refractivity contribution >= 4 is 0 Å². The number of fused-ring (bicyclic) bond motifs is 1. The molecule has 0 radical (unpaired) electrons. The van der Waals surface area contributed by atoms with Gasteiger partial charge < -0.3 is 15.8 Å². The van der Waals surface area contributed by atoms with E-state index >= 15 is 0 Å². The van der Waals surface area contributed by atoms with Crippen LogP contribution < -0.4 is 5.73 Å². The Hall–Kier alpha value is -0.800. The van der Waals surface area contributed by atoms with E-state index < -0.39 is 0 Å². The second-order valence-electron chi connectivity index (χ2n) is 3.47. The number of rotatable bonds is 1. The monoisotopic (exact) mass is 166 g/mol. The van der Waals surface area contributed by atoms with E-state index in [0.717, 1.165) is 24.1 Å². The minimum Gasteiger partial charge on any atom is -0.388 e. The Balaban J connectivity index is 2.26. The number of nitrogens with two attached hydrogens (primary N) is 1. The van der Waals surface area contributed by atoms with Gasteiger partial charge in [0.1, 0.15) is 0 Å². The van der Waals surface area contributed by atoms with Crippen molar-refractivity contribution in [3.63, 3.8) is 0 Å². The SMILES string of the molecule is NCC1Cc2[nH]ccc2C(O)C1. The number of aromatic nitrogens is 1. The molecule has 0 aromatic carbocycles. The molecule has 2 atom stereocenters. The number of hydrogen-bond donors (Lipinski definition) is 3. The fourth-order valence-electron chi connectivity index (χ4n) is 1.90. The van der Waals surface area contributed by atoms with Crippen LogP contribution in [0.3, 0.4) is 0 Å². The molecular weight excluding hydrogens is 152 g/mol. The van der Waals surface area contributed by atoms with Crippen LogP contribution >= 0.6 is 0 Å². The highest BCUT2D eigenvalue weighted by molar-refractivity contribution is 5.26. The van der Waals surface area contributed by atoms with E-state index in [0.29, 0.717) is 12.5 Å². The number of aliphatic hydroxyl groups is 1. The third-order valence-electron chi connectivity index (χ3n) is 2.61. The Morgan fingerprint density at radius 1 is 1.67 bits per heavy atom. The molecule has 2 rings (SSSR count). The van der Waals surface area contributed by atoms with Gasteiger partial charge in [0, 0.05) is 17.5 Å². The minimum atomic E-state index is -0.312. The molecular formula is C9H14N2O. The van der Waals surface area contributed by atoms with Crippen molar-refractivity contribution in [2.45, 2.75) is 18.9 Å². The Bertz CT molecular complexity index is 269. The maximum absolute atomic E-state index is 9.68. The molecule has 3 nitrogen and oxygen atoms in total. The van der Waals surface area contributed by atoms with Gasteiger partial charge >= 0.3 is 0 Å². The molecule has 1 aliphatic rings. The first-order chi connectivity index (χ1) is 5.81. The Labute approximate surface area is 71.6 Å². The summed E-state index contributed by atoms with van der Waals surface area (Å²) in [6.45, 7) is 0.662. The first-order valence-corrected chi connectivity index (χ1v) is 4.35. The summed E-state index contributed by atoms with van der Waals surface area (Å²) in [5.74, 6) is 0.436. The lowest BCUT2D eigenvalue weighted by Crippen LogP contribution is -2.24. The highest BCUT2D eigenvalue weighted by Crippen LogP contribution is 2.31. The molecule has 0 spiro atoms. The maximum Gasteiger partial charge on any atom is 0.0810 e. The van der Waals surface area contributed by atoms with E-state index in [1.165, 1.54) is 0 Å². The third kappa shape index (κ3) is 1.15. The van der Waals surface area contributed by atoms with Gasteiger partial charge in [0.25, 0.3) is 0 Å². The van der Waals surface area contributed by atoms with E-state index in [4.69, 9.17) is 5.73 Å². The molecule has 2 unspecified atom stereocenters. The van der Waals surface area contributed by atoms with Crippen molar-refractivity contribution in [1.29, 1.82) is 0 Å². The van der Waals surface area contributed by atoms with Crippen LogP contribution in [0.15, 0.2) is 12.3 Å². The lowest BCUT2D eigenvalue weighted by atomic mass is 9.86. The van der Waals surface area contributed by atoms with Crippen molar-refractivity contribution in [3.8, 4) is 0 Å². The molecule has 0 bridgehead atoms. The topological polar surface area (TPSA) is 62.0 Å². The molecule has 3 heteroatoms. The number of H-pyrrole nitrogens is 1. The molecule has 0 fully saturated rings. The summed E-state index contributed by atoms with van der Waals surface area (Å²) >= 11 is 0. The first-order valence-electron chi connectivity index (χ1n) is 4.35. The fraction of sp³-hybridized carbons (Fsp3) is 0.556. The summed E-state index contributed by atoms with van der Waals surface area (Å²) in [5.41, 5.74) is 7.78. The largest absolute Gasteiger partial charge is 0.388 e. The van der Waals surface area contributed by atoms with Gasteiger partial charge in [-0.25, -0.2) is 0 Å². The van der Waals surface area contributed by atoms with Crippen LogP contribution in [0.25, 0.3) is 0 Å². The van der Waals surface area contributed by atoms with Crippen molar-refractivity contribution in [2.24, 2.45) is 11.7 Å². The molecule has 0 saturated heterocycles. The number of nitrogens with one attached hydrogen (secondary N) is 1. The summed E-state index contributed by atoms with van der Waals surface area (Å²) in [6.07, 6.45) is 3.36. The van der Waals surface area contributed by atoms with Crippen LogP contribution in [0.1, 0.15) is 23.8 Å². The van der Waals surface area contributed by atoms with Crippen LogP contribution in [-0.2, 0) is 6.42 Å². The van der Waals surface area contributed by atoms with Gasteiger partial charge in [-0.2, -0.15) is 0 Å². The summed E-state index contributed by atoms with van der Waals surface area (Å²) < 4.78 is 0. The van der Waals surface area contributed by atoms with Crippen molar-refractivity contribution in [3.05, 3.63) is 23.5 Å². The Morgan fingerprint density at radius 2 is 2.50 bits per heavy atom. The van der Waals surface area contributed by atoms with Crippen LogP contribution in [-0.4, -0.2) is 16.6 Å².